The fourth-order valence-corrected chi connectivity index (χ4v) is 2.90. The molecule has 0 aliphatic rings. The highest BCUT2D eigenvalue weighted by Crippen LogP contribution is 2.28. The number of rotatable bonds is 11. The van der Waals surface area contributed by atoms with Crippen LogP contribution >= 0.6 is 0 Å². The molecule has 0 heterocycles. The molecule has 2 heteroatoms. The van der Waals surface area contributed by atoms with Crippen LogP contribution < -0.4 is 10.1 Å². The number of nitrogens with one attached hydrogen (secondary N) is 1. The lowest BCUT2D eigenvalue weighted by Gasteiger charge is -2.15. The van der Waals surface area contributed by atoms with Crippen LogP contribution in [0.2, 0.25) is 0 Å². The summed E-state index contributed by atoms with van der Waals surface area (Å²) in [7, 11) is 0. The second-order valence-corrected chi connectivity index (χ2v) is 6.60. The number of ether oxygens (including phenoxy) is 1. The van der Waals surface area contributed by atoms with Crippen molar-refractivity contribution in [1.29, 1.82) is 0 Å². The van der Waals surface area contributed by atoms with Gasteiger partial charge in [-0.2, -0.15) is 0 Å². The SMILES string of the molecule is C=C(C)COc1ccc2ccccc2c1CNCCCCCCC. The van der Waals surface area contributed by atoms with Crippen LogP contribution in [-0.2, 0) is 6.54 Å². The minimum Gasteiger partial charge on any atom is -0.489 e. The smallest absolute Gasteiger partial charge is 0.124 e. The molecule has 0 saturated carbocycles. The number of unbranched alkanes of at least 4 members (excludes halogenated alkanes) is 4. The Kier molecular flexibility index (Phi) is 7.84. The molecule has 2 aromatic rings. The zero-order valence-electron chi connectivity index (χ0n) is 15.2. The van der Waals surface area contributed by atoms with E-state index in [1.54, 1.807) is 0 Å². The molecule has 2 nitrogen and oxygen atoms in total. The van der Waals surface area contributed by atoms with E-state index in [1.165, 1.54) is 48.4 Å². The van der Waals surface area contributed by atoms with Crippen LogP contribution in [0.4, 0.5) is 0 Å². The molecule has 0 aliphatic heterocycles. The first-order valence-corrected chi connectivity index (χ1v) is 9.21. The normalized spacial score (nSPS) is 10.9. The van der Waals surface area contributed by atoms with Crippen LogP contribution in [-0.4, -0.2) is 13.2 Å². The average molecular weight is 325 g/mol. The summed E-state index contributed by atoms with van der Waals surface area (Å²) in [4.78, 5) is 0. The first-order chi connectivity index (χ1) is 11.7. The first kappa shape index (κ1) is 18.5. The van der Waals surface area contributed by atoms with Gasteiger partial charge in [-0.05, 0) is 42.3 Å². The number of fused-ring (bicyclic) bond motifs is 1. The molecule has 0 spiro atoms. The molecule has 0 aromatic heterocycles. The zero-order chi connectivity index (χ0) is 17.2. The third kappa shape index (κ3) is 5.68. The summed E-state index contributed by atoms with van der Waals surface area (Å²) in [5.41, 5.74) is 2.29. The average Bonchev–Trinajstić information content (AvgIpc) is 2.59. The van der Waals surface area contributed by atoms with Crippen LogP contribution in [0.15, 0.2) is 48.6 Å². The first-order valence-electron chi connectivity index (χ1n) is 9.21. The van der Waals surface area contributed by atoms with Crippen molar-refractivity contribution in [3.63, 3.8) is 0 Å². The Morgan fingerprint density at radius 2 is 1.83 bits per heavy atom. The summed E-state index contributed by atoms with van der Waals surface area (Å²) in [6.45, 7) is 10.7. The minimum atomic E-state index is 0.572. The Morgan fingerprint density at radius 3 is 2.62 bits per heavy atom. The van der Waals surface area contributed by atoms with E-state index in [0.717, 1.165) is 24.4 Å². The van der Waals surface area contributed by atoms with E-state index in [0.29, 0.717) is 6.61 Å². The van der Waals surface area contributed by atoms with Gasteiger partial charge in [-0.25, -0.2) is 0 Å². The van der Waals surface area contributed by atoms with Crippen molar-refractivity contribution in [3.05, 3.63) is 54.1 Å². The summed E-state index contributed by atoms with van der Waals surface area (Å²) >= 11 is 0. The van der Waals surface area contributed by atoms with Crippen LogP contribution in [0, 0.1) is 0 Å². The monoisotopic (exact) mass is 325 g/mol. The van der Waals surface area contributed by atoms with E-state index in [9.17, 15) is 0 Å². The predicted octanol–water partition coefficient (Wildman–Crippen LogP) is 5.85. The lowest BCUT2D eigenvalue weighted by molar-refractivity contribution is 0.348. The van der Waals surface area contributed by atoms with Gasteiger partial charge in [-0.1, -0.05) is 69.5 Å². The number of hydrogen-bond acceptors (Lipinski definition) is 2. The molecule has 24 heavy (non-hydrogen) atoms. The van der Waals surface area contributed by atoms with Crippen LogP contribution in [0.25, 0.3) is 10.8 Å². The Morgan fingerprint density at radius 1 is 1.04 bits per heavy atom. The Bertz CT molecular complexity index is 647. The summed E-state index contributed by atoms with van der Waals surface area (Å²) in [5, 5.41) is 6.13. The van der Waals surface area contributed by atoms with Gasteiger partial charge < -0.3 is 10.1 Å². The van der Waals surface area contributed by atoms with E-state index in [-0.39, 0.29) is 0 Å². The maximum atomic E-state index is 5.98. The van der Waals surface area contributed by atoms with Gasteiger partial charge in [-0.15, -0.1) is 0 Å². The van der Waals surface area contributed by atoms with Gasteiger partial charge in [0, 0.05) is 12.1 Å². The summed E-state index contributed by atoms with van der Waals surface area (Å²) in [6, 6.07) is 12.7. The molecule has 0 fully saturated rings. The highest BCUT2D eigenvalue weighted by molar-refractivity contribution is 5.87. The van der Waals surface area contributed by atoms with Crippen molar-refractivity contribution in [3.8, 4) is 5.75 Å². The van der Waals surface area contributed by atoms with E-state index < -0.39 is 0 Å². The Labute approximate surface area is 146 Å². The van der Waals surface area contributed by atoms with Crippen molar-refractivity contribution >= 4 is 10.8 Å². The third-order valence-corrected chi connectivity index (χ3v) is 4.23. The van der Waals surface area contributed by atoms with Crippen molar-refractivity contribution < 1.29 is 4.74 Å². The lowest BCUT2D eigenvalue weighted by atomic mass is 10.0. The molecular weight excluding hydrogens is 294 g/mol. The van der Waals surface area contributed by atoms with Crippen LogP contribution in [0.5, 0.6) is 5.75 Å². The lowest BCUT2D eigenvalue weighted by Crippen LogP contribution is -2.16. The topological polar surface area (TPSA) is 21.3 Å². The molecule has 0 aliphatic carbocycles. The van der Waals surface area contributed by atoms with Crippen molar-refractivity contribution in [1.82, 2.24) is 5.32 Å². The quantitative estimate of drug-likeness (QED) is 0.413. The zero-order valence-corrected chi connectivity index (χ0v) is 15.2. The van der Waals surface area contributed by atoms with Crippen molar-refractivity contribution in [2.45, 2.75) is 52.5 Å². The fourth-order valence-electron chi connectivity index (χ4n) is 2.90. The van der Waals surface area contributed by atoms with E-state index in [1.807, 2.05) is 6.92 Å². The van der Waals surface area contributed by atoms with Gasteiger partial charge in [0.15, 0.2) is 0 Å². The van der Waals surface area contributed by atoms with E-state index in [4.69, 9.17) is 4.74 Å². The maximum Gasteiger partial charge on any atom is 0.124 e. The molecular formula is C22H31NO. The molecule has 0 saturated heterocycles. The molecule has 0 unspecified atom stereocenters. The Hall–Kier alpha value is -1.80. The van der Waals surface area contributed by atoms with Crippen LogP contribution in [0.3, 0.4) is 0 Å². The van der Waals surface area contributed by atoms with Gasteiger partial charge in [0.05, 0.1) is 0 Å². The van der Waals surface area contributed by atoms with E-state index in [2.05, 4.69) is 55.2 Å². The molecule has 130 valence electrons. The second-order valence-electron chi connectivity index (χ2n) is 6.60. The number of benzene rings is 2. The predicted molar refractivity (Wildman–Crippen MR) is 105 cm³/mol. The van der Waals surface area contributed by atoms with Gasteiger partial charge in [0.25, 0.3) is 0 Å². The minimum absolute atomic E-state index is 0.572. The number of hydrogen-bond donors (Lipinski definition) is 1. The second kappa shape index (κ2) is 10.1. The maximum absolute atomic E-state index is 5.98. The largest absolute Gasteiger partial charge is 0.489 e. The molecule has 2 rings (SSSR count). The molecule has 2 aromatic carbocycles. The van der Waals surface area contributed by atoms with Gasteiger partial charge in [-0.3, -0.25) is 0 Å². The summed E-state index contributed by atoms with van der Waals surface area (Å²) in [6.07, 6.45) is 6.55. The molecule has 0 amide bonds. The van der Waals surface area contributed by atoms with Crippen molar-refractivity contribution in [2.24, 2.45) is 0 Å². The highest BCUT2D eigenvalue weighted by atomic mass is 16.5. The molecule has 0 bridgehead atoms. The summed E-state index contributed by atoms with van der Waals surface area (Å²) < 4.78 is 5.98. The standard InChI is InChI=1S/C22H31NO/c1-4-5-6-7-10-15-23-16-21-20-12-9-8-11-19(20)13-14-22(21)24-17-18(2)3/h8-9,11-14,23H,2,4-7,10,15-17H2,1,3H3. The Balaban J connectivity index is 2.01. The van der Waals surface area contributed by atoms with Crippen molar-refractivity contribution in [2.75, 3.05) is 13.2 Å². The van der Waals surface area contributed by atoms with Gasteiger partial charge in [0.2, 0.25) is 0 Å². The molecule has 0 atom stereocenters. The van der Waals surface area contributed by atoms with Crippen LogP contribution in [0.1, 0.15) is 51.5 Å². The van der Waals surface area contributed by atoms with E-state index >= 15 is 0 Å². The molecule has 0 radical (unpaired) electrons. The van der Waals surface area contributed by atoms with Gasteiger partial charge >= 0.3 is 0 Å². The highest BCUT2D eigenvalue weighted by Gasteiger charge is 2.08. The van der Waals surface area contributed by atoms with Gasteiger partial charge in [0.1, 0.15) is 12.4 Å². The summed E-state index contributed by atoms with van der Waals surface area (Å²) in [5.74, 6) is 0.968. The molecule has 1 N–H and O–H groups in total. The third-order valence-electron chi connectivity index (χ3n) is 4.23. The fraction of sp³-hybridized carbons (Fsp3) is 0.455.